The van der Waals surface area contributed by atoms with Gasteiger partial charge in [0, 0.05) is 57.2 Å². The highest BCUT2D eigenvalue weighted by atomic mass is 16.5. The van der Waals surface area contributed by atoms with Crippen molar-refractivity contribution in [2.24, 2.45) is 7.05 Å². The molecule has 112 valence electrons. The zero-order chi connectivity index (χ0) is 14.7. The summed E-state index contributed by atoms with van der Waals surface area (Å²) in [6.45, 7) is 6.30. The van der Waals surface area contributed by atoms with Crippen LogP contribution < -0.4 is 0 Å². The maximum atomic E-state index is 5.65. The second kappa shape index (κ2) is 6.37. The van der Waals surface area contributed by atoms with Crippen molar-refractivity contribution in [2.75, 3.05) is 19.8 Å². The van der Waals surface area contributed by atoms with Gasteiger partial charge in [0.05, 0.1) is 18.0 Å². The zero-order valence-electron chi connectivity index (χ0n) is 12.7. The van der Waals surface area contributed by atoms with Crippen LogP contribution in [0.5, 0.6) is 0 Å². The summed E-state index contributed by atoms with van der Waals surface area (Å²) in [6, 6.07) is 6.08. The predicted octanol–water partition coefficient (Wildman–Crippen LogP) is 1.95. The molecule has 1 aliphatic rings. The lowest BCUT2D eigenvalue weighted by molar-refractivity contribution is 0.103. The molecule has 21 heavy (non-hydrogen) atoms. The standard InChI is InChI=1S/C16H22N4O/c1-3-21-12-14-10-20(11-15-6-4-5-7-17-15)9-13-8-19(2)18-16(13)14/h4-8,14H,3,9-12H2,1-2H3/t14-/m1/s1. The van der Waals surface area contributed by atoms with Gasteiger partial charge in [-0.15, -0.1) is 0 Å². The van der Waals surface area contributed by atoms with Crippen molar-refractivity contribution in [1.82, 2.24) is 19.7 Å². The number of rotatable bonds is 5. The van der Waals surface area contributed by atoms with Gasteiger partial charge in [0.1, 0.15) is 0 Å². The summed E-state index contributed by atoms with van der Waals surface area (Å²) < 4.78 is 7.56. The quantitative estimate of drug-likeness (QED) is 0.842. The third-order valence-corrected chi connectivity index (χ3v) is 3.83. The first kappa shape index (κ1) is 14.2. The molecule has 0 saturated carbocycles. The average molecular weight is 286 g/mol. The van der Waals surface area contributed by atoms with Gasteiger partial charge in [0.25, 0.3) is 0 Å². The van der Waals surface area contributed by atoms with Crippen molar-refractivity contribution in [3.63, 3.8) is 0 Å². The summed E-state index contributed by atoms with van der Waals surface area (Å²) in [7, 11) is 1.99. The topological polar surface area (TPSA) is 43.2 Å². The van der Waals surface area contributed by atoms with Crippen LogP contribution in [0.1, 0.15) is 29.8 Å². The minimum Gasteiger partial charge on any atom is -0.381 e. The van der Waals surface area contributed by atoms with Gasteiger partial charge >= 0.3 is 0 Å². The highest BCUT2D eigenvalue weighted by molar-refractivity contribution is 5.24. The molecule has 0 N–H and O–H groups in total. The summed E-state index contributed by atoms with van der Waals surface area (Å²) in [5.74, 6) is 0.346. The van der Waals surface area contributed by atoms with E-state index in [0.717, 1.165) is 38.5 Å². The summed E-state index contributed by atoms with van der Waals surface area (Å²) in [6.07, 6.45) is 3.98. The fourth-order valence-corrected chi connectivity index (χ4v) is 2.96. The number of pyridine rings is 1. The number of nitrogens with zero attached hydrogens (tertiary/aromatic N) is 4. The van der Waals surface area contributed by atoms with Crippen molar-refractivity contribution >= 4 is 0 Å². The lowest BCUT2D eigenvalue weighted by Gasteiger charge is -2.31. The first-order chi connectivity index (χ1) is 10.3. The molecule has 3 rings (SSSR count). The number of aryl methyl sites for hydroxylation is 1. The molecule has 3 heterocycles. The van der Waals surface area contributed by atoms with Crippen LogP contribution >= 0.6 is 0 Å². The van der Waals surface area contributed by atoms with E-state index in [9.17, 15) is 0 Å². The first-order valence-electron chi connectivity index (χ1n) is 7.48. The van der Waals surface area contributed by atoms with Crippen LogP contribution in [0, 0.1) is 0 Å². The smallest absolute Gasteiger partial charge is 0.0736 e. The molecular formula is C16H22N4O. The number of fused-ring (bicyclic) bond motifs is 1. The van der Waals surface area contributed by atoms with Crippen LogP contribution in [0.3, 0.4) is 0 Å². The maximum absolute atomic E-state index is 5.65. The number of ether oxygens (including phenoxy) is 1. The Kier molecular flexibility index (Phi) is 4.31. The summed E-state index contributed by atoms with van der Waals surface area (Å²) in [4.78, 5) is 6.85. The Morgan fingerprint density at radius 2 is 2.29 bits per heavy atom. The Hall–Kier alpha value is -1.72. The van der Waals surface area contributed by atoms with Gasteiger partial charge in [0.2, 0.25) is 0 Å². The van der Waals surface area contributed by atoms with Crippen LogP contribution in [0.4, 0.5) is 0 Å². The highest BCUT2D eigenvalue weighted by Crippen LogP contribution is 2.28. The SMILES string of the molecule is CCOC[C@H]1CN(Cc2ccccn2)Cc2cn(C)nc21. The largest absolute Gasteiger partial charge is 0.381 e. The Morgan fingerprint density at radius 3 is 3.05 bits per heavy atom. The van der Waals surface area contributed by atoms with Crippen molar-refractivity contribution in [1.29, 1.82) is 0 Å². The number of hydrogen-bond donors (Lipinski definition) is 0. The van der Waals surface area contributed by atoms with E-state index in [1.165, 1.54) is 11.3 Å². The molecule has 5 heteroatoms. The van der Waals surface area contributed by atoms with E-state index in [1.807, 2.05) is 37.0 Å². The van der Waals surface area contributed by atoms with Crippen LogP contribution in [0.25, 0.3) is 0 Å². The van der Waals surface area contributed by atoms with Gasteiger partial charge in [-0.3, -0.25) is 14.6 Å². The van der Waals surface area contributed by atoms with Crippen molar-refractivity contribution in [3.8, 4) is 0 Å². The second-order valence-electron chi connectivity index (χ2n) is 5.56. The van der Waals surface area contributed by atoms with E-state index in [0.29, 0.717) is 5.92 Å². The molecule has 1 aliphatic heterocycles. The van der Waals surface area contributed by atoms with E-state index in [-0.39, 0.29) is 0 Å². The number of hydrogen-bond acceptors (Lipinski definition) is 4. The second-order valence-corrected chi connectivity index (χ2v) is 5.56. The van der Waals surface area contributed by atoms with Crippen LogP contribution in [-0.2, 0) is 24.9 Å². The van der Waals surface area contributed by atoms with E-state index in [1.54, 1.807) is 0 Å². The van der Waals surface area contributed by atoms with Gasteiger partial charge in [-0.2, -0.15) is 5.10 Å². The monoisotopic (exact) mass is 286 g/mol. The molecule has 0 aromatic carbocycles. The van der Waals surface area contributed by atoms with Gasteiger partial charge in [-0.25, -0.2) is 0 Å². The van der Waals surface area contributed by atoms with Crippen molar-refractivity contribution in [2.45, 2.75) is 25.9 Å². The molecule has 2 aromatic heterocycles. The molecule has 0 unspecified atom stereocenters. The molecule has 0 saturated heterocycles. The molecule has 0 radical (unpaired) electrons. The van der Waals surface area contributed by atoms with Crippen molar-refractivity contribution in [3.05, 3.63) is 47.5 Å². The Bertz CT molecular complexity index is 581. The molecule has 0 fully saturated rings. The predicted molar refractivity (Wildman–Crippen MR) is 80.8 cm³/mol. The highest BCUT2D eigenvalue weighted by Gasteiger charge is 2.28. The fraction of sp³-hybridized carbons (Fsp3) is 0.500. The third-order valence-electron chi connectivity index (χ3n) is 3.83. The third kappa shape index (κ3) is 3.31. The van der Waals surface area contributed by atoms with Crippen molar-refractivity contribution < 1.29 is 4.74 Å². The van der Waals surface area contributed by atoms with E-state index < -0.39 is 0 Å². The Balaban J connectivity index is 1.76. The molecule has 1 atom stereocenters. The number of aromatic nitrogens is 3. The first-order valence-corrected chi connectivity index (χ1v) is 7.48. The normalized spacial score (nSPS) is 18.7. The Labute approximate surface area is 125 Å². The minimum absolute atomic E-state index is 0.346. The van der Waals surface area contributed by atoms with E-state index in [4.69, 9.17) is 4.74 Å². The lowest BCUT2D eigenvalue weighted by Crippen LogP contribution is -2.35. The molecular weight excluding hydrogens is 264 g/mol. The van der Waals surface area contributed by atoms with Crippen LogP contribution in [0.15, 0.2) is 30.6 Å². The maximum Gasteiger partial charge on any atom is 0.0736 e. The average Bonchev–Trinajstić information content (AvgIpc) is 2.86. The molecule has 0 bridgehead atoms. The minimum atomic E-state index is 0.346. The summed E-state index contributed by atoms with van der Waals surface area (Å²) >= 11 is 0. The van der Waals surface area contributed by atoms with Gasteiger partial charge in [-0.05, 0) is 19.1 Å². The van der Waals surface area contributed by atoms with Crippen LogP contribution in [0.2, 0.25) is 0 Å². The molecule has 0 amide bonds. The summed E-state index contributed by atoms with van der Waals surface area (Å²) in [5.41, 5.74) is 3.62. The fourth-order valence-electron chi connectivity index (χ4n) is 2.96. The lowest BCUT2D eigenvalue weighted by atomic mass is 9.97. The molecule has 0 aliphatic carbocycles. The van der Waals surface area contributed by atoms with Gasteiger partial charge in [0.15, 0.2) is 0 Å². The van der Waals surface area contributed by atoms with E-state index in [2.05, 4.69) is 27.2 Å². The van der Waals surface area contributed by atoms with Crippen LogP contribution in [-0.4, -0.2) is 39.4 Å². The molecule has 0 spiro atoms. The molecule has 5 nitrogen and oxygen atoms in total. The summed E-state index contributed by atoms with van der Waals surface area (Å²) in [5, 5.41) is 4.62. The van der Waals surface area contributed by atoms with Gasteiger partial charge < -0.3 is 4.74 Å². The molecule has 2 aromatic rings. The Morgan fingerprint density at radius 1 is 1.38 bits per heavy atom. The van der Waals surface area contributed by atoms with Gasteiger partial charge in [-0.1, -0.05) is 6.07 Å². The van der Waals surface area contributed by atoms with E-state index >= 15 is 0 Å². The zero-order valence-corrected chi connectivity index (χ0v) is 12.7.